The van der Waals surface area contributed by atoms with Gasteiger partial charge in [-0.3, -0.25) is 9.78 Å². The van der Waals surface area contributed by atoms with Crippen LogP contribution in [-0.4, -0.2) is 26.2 Å². The Balaban J connectivity index is 2.20. The van der Waals surface area contributed by atoms with E-state index < -0.39 is 0 Å². The Labute approximate surface area is 135 Å². The summed E-state index contributed by atoms with van der Waals surface area (Å²) in [4.78, 5) is 28.6. The summed E-state index contributed by atoms with van der Waals surface area (Å²) in [7, 11) is 0. The van der Waals surface area contributed by atoms with Crippen LogP contribution in [0.4, 0.5) is 0 Å². The summed E-state index contributed by atoms with van der Waals surface area (Å²) in [5, 5.41) is 0.254. The first-order valence-corrected chi connectivity index (χ1v) is 7.96. The van der Waals surface area contributed by atoms with E-state index in [-0.39, 0.29) is 16.2 Å². The van der Waals surface area contributed by atoms with Crippen molar-refractivity contribution in [2.75, 3.05) is 6.26 Å². The normalized spacial score (nSPS) is 10.8. The first-order valence-electron chi connectivity index (χ1n) is 6.36. The number of halogens is 1. The first kappa shape index (κ1) is 14.7. The Morgan fingerprint density at radius 1 is 1.36 bits per heavy atom. The molecule has 0 unspecified atom stereocenters. The van der Waals surface area contributed by atoms with Gasteiger partial charge in [-0.25, -0.2) is 9.97 Å². The van der Waals surface area contributed by atoms with Gasteiger partial charge in [0.15, 0.2) is 11.3 Å². The number of nitrogens with zero attached hydrogens (tertiary/aromatic N) is 3. The molecule has 3 aromatic heterocycles. The standard InChI is InChI=1S/C15H11ClN4OS/c1-3-8-6-10(17-7-11(8)22-2)14-18-9-4-5-12(16)19-13(9)15(21)20-14/h3-7H,1H2,2H3,(H,18,20,21). The summed E-state index contributed by atoms with van der Waals surface area (Å²) in [5.74, 6) is 0.386. The maximum Gasteiger partial charge on any atom is 0.277 e. The Kier molecular flexibility index (Phi) is 3.96. The summed E-state index contributed by atoms with van der Waals surface area (Å²) >= 11 is 7.38. The molecule has 0 aliphatic heterocycles. The van der Waals surface area contributed by atoms with E-state index in [0.29, 0.717) is 17.0 Å². The third kappa shape index (κ3) is 2.63. The molecule has 1 N–H and O–H groups in total. The molecule has 0 amide bonds. The van der Waals surface area contributed by atoms with Gasteiger partial charge in [0.1, 0.15) is 10.8 Å². The Morgan fingerprint density at radius 2 is 2.18 bits per heavy atom. The molecule has 0 saturated heterocycles. The molecule has 0 aliphatic rings. The lowest BCUT2D eigenvalue weighted by atomic mass is 10.2. The zero-order valence-electron chi connectivity index (χ0n) is 11.6. The van der Waals surface area contributed by atoms with Crippen molar-refractivity contribution in [3.8, 4) is 11.5 Å². The fourth-order valence-corrected chi connectivity index (χ4v) is 2.72. The average molecular weight is 331 g/mol. The van der Waals surface area contributed by atoms with Gasteiger partial charge in [0.05, 0.1) is 5.52 Å². The second kappa shape index (κ2) is 5.90. The minimum atomic E-state index is -0.349. The number of hydrogen-bond acceptors (Lipinski definition) is 5. The number of pyridine rings is 2. The number of nitrogens with one attached hydrogen (secondary N) is 1. The summed E-state index contributed by atoms with van der Waals surface area (Å²) in [6.07, 6.45) is 5.45. The van der Waals surface area contributed by atoms with E-state index >= 15 is 0 Å². The van der Waals surface area contributed by atoms with Gasteiger partial charge in [-0.05, 0) is 30.0 Å². The fourth-order valence-electron chi connectivity index (χ4n) is 2.04. The molecule has 22 heavy (non-hydrogen) atoms. The van der Waals surface area contributed by atoms with Crippen molar-refractivity contribution in [1.82, 2.24) is 19.9 Å². The van der Waals surface area contributed by atoms with Crippen LogP contribution in [0.3, 0.4) is 0 Å². The quantitative estimate of drug-likeness (QED) is 0.588. The minimum absolute atomic E-state index is 0.209. The molecular formula is C15H11ClN4OS. The van der Waals surface area contributed by atoms with Crippen molar-refractivity contribution in [2.24, 2.45) is 0 Å². The first-order chi connectivity index (χ1) is 10.6. The Bertz CT molecular complexity index is 938. The predicted octanol–water partition coefficient (Wildman–Crippen LogP) is 3.40. The molecule has 5 nitrogen and oxygen atoms in total. The van der Waals surface area contributed by atoms with Gasteiger partial charge in [0.2, 0.25) is 0 Å². The van der Waals surface area contributed by atoms with Crippen molar-refractivity contribution in [1.29, 1.82) is 0 Å². The molecule has 0 bridgehead atoms. The topological polar surface area (TPSA) is 71.5 Å². The van der Waals surface area contributed by atoms with Crippen LogP contribution < -0.4 is 5.56 Å². The number of fused-ring (bicyclic) bond motifs is 1. The molecule has 3 aromatic rings. The van der Waals surface area contributed by atoms with Crippen molar-refractivity contribution in [2.45, 2.75) is 4.90 Å². The fraction of sp³-hybridized carbons (Fsp3) is 0.0667. The van der Waals surface area contributed by atoms with Crippen LogP contribution in [0.1, 0.15) is 5.56 Å². The highest BCUT2D eigenvalue weighted by atomic mass is 35.5. The van der Waals surface area contributed by atoms with Crippen LogP contribution in [0, 0.1) is 0 Å². The number of H-pyrrole nitrogens is 1. The molecule has 0 radical (unpaired) electrons. The van der Waals surface area contributed by atoms with E-state index in [9.17, 15) is 4.79 Å². The summed E-state index contributed by atoms with van der Waals surface area (Å²) in [5.41, 5.74) is 1.84. The molecule has 110 valence electrons. The van der Waals surface area contributed by atoms with Crippen LogP contribution >= 0.6 is 23.4 Å². The van der Waals surface area contributed by atoms with Gasteiger partial charge in [0.25, 0.3) is 5.56 Å². The molecule has 3 rings (SSSR count). The van der Waals surface area contributed by atoms with Crippen molar-refractivity contribution in [3.63, 3.8) is 0 Å². The molecule has 0 spiro atoms. The highest BCUT2D eigenvalue weighted by Crippen LogP contribution is 2.24. The number of thioether (sulfide) groups is 1. The lowest BCUT2D eigenvalue weighted by molar-refractivity contribution is 1.11. The maximum atomic E-state index is 12.1. The predicted molar refractivity (Wildman–Crippen MR) is 90.3 cm³/mol. The van der Waals surface area contributed by atoms with E-state index in [1.54, 1.807) is 36.2 Å². The van der Waals surface area contributed by atoms with Crippen molar-refractivity contribution in [3.05, 3.63) is 52.0 Å². The number of rotatable bonds is 3. The zero-order chi connectivity index (χ0) is 15.7. The highest BCUT2D eigenvalue weighted by molar-refractivity contribution is 7.98. The second-order valence-corrected chi connectivity index (χ2v) is 5.67. The lowest BCUT2D eigenvalue weighted by Crippen LogP contribution is -2.11. The third-order valence-corrected chi connectivity index (χ3v) is 4.09. The number of hydrogen-bond donors (Lipinski definition) is 1. The van der Waals surface area contributed by atoms with Gasteiger partial charge in [-0.15, -0.1) is 11.8 Å². The Morgan fingerprint density at radius 3 is 2.91 bits per heavy atom. The summed E-state index contributed by atoms with van der Waals surface area (Å²) in [6, 6.07) is 5.10. The minimum Gasteiger partial charge on any atom is -0.303 e. The average Bonchev–Trinajstić information content (AvgIpc) is 2.54. The van der Waals surface area contributed by atoms with Crippen LogP contribution in [0.25, 0.3) is 28.6 Å². The van der Waals surface area contributed by atoms with E-state index in [1.807, 2.05) is 12.3 Å². The summed E-state index contributed by atoms with van der Waals surface area (Å²) < 4.78 is 0. The largest absolute Gasteiger partial charge is 0.303 e. The number of aromatic nitrogens is 4. The second-order valence-electron chi connectivity index (χ2n) is 4.43. The van der Waals surface area contributed by atoms with E-state index in [0.717, 1.165) is 10.5 Å². The van der Waals surface area contributed by atoms with Gasteiger partial charge in [-0.2, -0.15) is 0 Å². The van der Waals surface area contributed by atoms with Crippen LogP contribution in [0.5, 0.6) is 0 Å². The molecule has 3 heterocycles. The smallest absolute Gasteiger partial charge is 0.277 e. The van der Waals surface area contributed by atoms with Crippen LogP contribution in [0.2, 0.25) is 5.15 Å². The van der Waals surface area contributed by atoms with Gasteiger partial charge >= 0.3 is 0 Å². The molecule has 0 saturated carbocycles. The van der Waals surface area contributed by atoms with Gasteiger partial charge in [-0.1, -0.05) is 24.3 Å². The third-order valence-electron chi connectivity index (χ3n) is 3.10. The lowest BCUT2D eigenvalue weighted by Gasteiger charge is -2.06. The van der Waals surface area contributed by atoms with E-state index in [2.05, 4.69) is 26.5 Å². The zero-order valence-corrected chi connectivity index (χ0v) is 13.2. The van der Waals surface area contributed by atoms with Crippen molar-refractivity contribution < 1.29 is 0 Å². The van der Waals surface area contributed by atoms with Gasteiger partial charge in [0, 0.05) is 11.1 Å². The van der Waals surface area contributed by atoms with Crippen molar-refractivity contribution >= 4 is 40.5 Å². The van der Waals surface area contributed by atoms with E-state index in [4.69, 9.17) is 11.6 Å². The Hall–Kier alpha value is -2.18. The maximum absolute atomic E-state index is 12.1. The molecule has 0 fully saturated rings. The van der Waals surface area contributed by atoms with Crippen LogP contribution in [0.15, 0.2) is 40.7 Å². The summed E-state index contributed by atoms with van der Waals surface area (Å²) in [6.45, 7) is 3.79. The molecule has 0 aliphatic carbocycles. The molecular weight excluding hydrogens is 320 g/mol. The van der Waals surface area contributed by atoms with Gasteiger partial charge < -0.3 is 4.98 Å². The number of aromatic amines is 1. The molecule has 7 heteroatoms. The molecule has 0 atom stereocenters. The molecule has 0 aromatic carbocycles. The van der Waals surface area contributed by atoms with Crippen LogP contribution in [-0.2, 0) is 0 Å². The highest BCUT2D eigenvalue weighted by Gasteiger charge is 2.10. The SMILES string of the molecule is C=Cc1cc(-c2nc3ccc(Cl)nc3c(=O)[nH]2)ncc1SC. The monoisotopic (exact) mass is 330 g/mol. The van der Waals surface area contributed by atoms with E-state index in [1.165, 1.54) is 0 Å².